The minimum Gasteiger partial charge on any atom is -0.376 e. The molecular weight excluding hydrogens is 579 g/mol. The van der Waals surface area contributed by atoms with Crippen molar-refractivity contribution in [3.63, 3.8) is 0 Å². The molecular formula is C29H29F5N4O3S. The topological polar surface area (TPSA) is 67.7 Å². The van der Waals surface area contributed by atoms with Crippen molar-refractivity contribution in [3.05, 3.63) is 64.6 Å². The lowest BCUT2D eigenvalue weighted by Crippen LogP contribution is -2.58. The van der Waals surface area contributed by atoms with Crippen molar-refractivity contribution < 1.29 is 31.5 Å². The summed E-state index contributed by atoms with van der Waals surface area (Å²) in [6.45, 7) is 9.65. The van der Waals surface area contributed by atoms with E-state index in [-0.39, 0.29) is 65.0 Å². The molecule has 1 saturated heterocycles. The Balaban J connectivity index is 1.83. The van der Waals surface area contributed by atoms with Crippen molar-refractivity contribution in [1.29, 1.82) is 0 Å². The lowest BCUT2D eigenvalue weighted by molar-refractivity contribution is -0.137. The van der Waals surface area contributed by atoms with Crippen molar-refractivity contribution >= 4 is 34.4 Å². The van der Waals surface area contributed by atoms with Gasteiger partial charge in [-0.05, 0) is 45.0 Å². The Labute approximate surface area is 242 Å². The molecule has 0 radical (unpaired) electrons. The zero-order chi connectivity index (χ0) is 30.5. The van der Waals surface area contributed by atoms with Crippen LogP contribution in [0.3, 0.4) is 0 Å². The Morgan fingerprint density at radius 2 is 1.86 bits per heavy atom. The maximum absolute atomic E-state index is 15.1. The molecule has 0 saturated carbocycles. The van der Waals surface area contributed by atoms with Crippen molar-refractivity contribution in [2.24, 2.45) is 0 Å². The quantitative estimate of drug-likeness (QED) is 0.282. The second kappa shape index (κ2) is 11.3. The van der Waals surface area contributed by atoms with Gasteiger partial charge in [-0.3, -0.25) is 9.36 Å². The van der Waals surface area contributed by atoms with Gasteiger partial charge in [-0.15, -0.1) is 11.8 Å². The standard InChI is InChI=1S/C29H29F5N4O3S/c1-5-23(39)38-15(3)11-36(12-16(38)4)27-20-10-21(29(32,33)34)24(19-8-7-17(30)9-22(19)31)26-25(20)37(28(40)35-27)13-18(14-42-26)41-6-2/h5,7-10,15-16,18H,1,6,11-14H2,2-4H3/t15-,16+,18-/m0/s1. The van der Waals surface area contributed by atoms with E-state index < -0.39 is 46.3 Å². The van der Waals surface area contributed by atoms with Crippen molar-refractivity contribution in [2.45, 2.75) is 56.6 Å². The fourth-order valence-corrected chi connectivity index (χ4v) is 7.21. The van der Waals surface area contributed by atoms with Gasteiger partial charge in [-0.1, -0.05) is 6.58 Å². The number of alkyl halides is 3. The number of piperazine rings is 1. The number of halogens is 5. The third kappa shape index (κ3) is 5.28. The molecule has 0 unspecified atom stereocenters. The van der Waals surface area contributed by atoms with Gasteiger partial charge in [0.1, 0.15) is 17.5 Å². The smallest absolute Gasteiger partial charge is 0.376 e. The zero-order valence-electron chi connectivity index (χ0n) is 23.2. The largest absolute Gasteiger partial charge is 0.417 e. The van der Waals surface area contributed by atoms with Gasteiger partial charge in [0.15, 0.2) is 0 Å². The number of carbonyl (C=O) groups is 1. The first-order valence-electron chi connectivity index (χ1n) is 13.4. The van der Waals surface area contributed by atoms with E-state index in [1.807, 2.05) is 0 Å². The normalized spacial score (nSPS) is 21.0. The highest BCUT2D eigenvalue weighted by atomic mass is 32.2. The molecule has 0 N–H and O–H groups in total. The lowest BCUT2D eigenvalue weighted by atomic mass is 9.95. The first-order valence-corrected chi connectivity index (χ1v) is 14.4. The summed E-state index contributed by atoms with van der Waals surface area (Å²) in [5, 5.41) is 0.0655. The summed E-state index contributed by atoms with van der Waals surface area (Å²) >= 11 is 1.03. The highest BCUT2D eigenvalue weighted by molar-refractivity contribution is 7.99. The summed E-state index contributed by atoms with van der Waals surface area (Å²) < 4.78 is 80.3. The van der Waals surface area contributed by atoms with Gasteiger partial charge in [0, 0.05) is 65.0 Å². The number of benzene rings is 2. The van der Waals surface area contributed by atoms with Crippen LogP contribution in [0.4, 0.5) is 27.8 Å². The highest BCUT2D eigenvalue weighted by Crippen LogP contribution is 2.49. The van der Waals surface area contributed by atoms with Crippen LogP contribution in [0.2, 0.25) is 0 Å². The summed E-state index contributed by atoms with van der Waals surface area (Å²) in [6, 6.07) is 2.59. The molecule has 2 aliphatic rings. The monoisotopic (exact) mass is 608 g/mol. The van der Waals surface area contributed by atoms with Gasteiger partial charge in [-0.2, -0.15) is 18.2 Å². The number of amides is 1. The number of thioether (sulfide) groups is 1. The lowest BCUT2D eigenvalue weighted by Gasteiger charge is -2.44. The van der Waals surface area contributed by atoms with Crippen LogP contribution in [-0.4, -0.2) is 64.0 Å². The van der Waals surface area contributed by atoms with Crippen LogP contribution in [0, 0.1) is 11.6 Å². The summed E-state index contributed by atoms with van der Waals surface area (Å²) in [5.74, 6) is -2.13. The molecule has 2 aromatic carbocycles. The number of nitrogens with zero attached hydrogens (tertiary/aromatic N) is 4. The number of hydrogen-bond donors (Lipinski definition) is 0. The van der Waals surface area contributed by atoms with Crippen LogP contribution in [0.15, 0.2) is 46.6 Å². The molecule has 1 fully saturated rings. The second-order valence-electron chi connectivity index (χ2n) is 10.4. The molecule has 13 heteroatoms. The molecule has 0 spiro atoms. The molecule has 1 aromatic heterocycles. The molecule has 224 valence electrons. The van der Waals surface area contributed by atoms with Crippen LogP contribution in [-0.2, 0) is 22.3 Å². The maximum atomic E-state index is 15.1. The fourth-order valence-electron chi connectivity index (χ4n) is 5.93. The molecule has 3 aromatic rings. The van der Waals surface area contributed by atoms with E-state index in [4.69, 9.17) is 4.74 Å². The van der Waals surface area contributed by atoms with E-state index in [0.29, 0.717) is 12.7 Å². The molecule has 42 heavy (non-hydrogen) atoms. The Kier molecular flexibility index (Phi) is 8.10. The third-order valence-electron chi connectivity index (χ3n) is 7.55. The average Bonchev–Trinajstić information content (AvgIpc) is 3.10. The molecule has 7 nitrogen and oxygen atoms in total. The summed E-state index contributed by atoms with van der Waals surface area (Å²) in [7, 11) is 0. The summed E-state index contributed by atoms with van der Waals surface area (Å²) in [6.07, 6.45) is -4.26. The summed E-state index contributed by atoms with van der Waals surface area (Å²) in [4.78, 5) is 33.7. The molecule has 2 aliphatic heterocycles. The number of carbonyl (C=O) groups excluding carboxylic acids is 1. The average molecular weight is 609 g/mol. The number of ether oxygens (including phenoxy) is 1. The maximum Gasteiger partial charge on any atom is 0.417 e. The van der Waals surface area contributed by atoms with Gasteiger partial charge in [-0.25, -0.2) is 13.6 Å². The van der Waals surface area contributed by atoms with Crippen LogP contribution in [0.1, 0.15) is 26.3 Å². The number of hydrogen-bond acceptors (Lipinski definition) is 6. The van der Waals surface area contributed by atoms with Crippen molar-refractivity contribution in [2.75, 3.05) is 30.3 Å². The van der Waals surface area contributed by atoms with Crippen molar-refractivity contribution in [3.8, 4) is 11.1 Å². The van der Waals surface area contributed by atoms with Gasteiger partial charge in [0.2, 0.25) is 5.91 Å². The summed E-state index contributed by atoms with van der Waals surface area (Å²) in [5.41, 5.74) is -2.55. The van der Waals surface area contributed by atoms with Gasteiger partial charge in [0.05, 0.1) is 23.7 Å². The Morgan fingerprint density at radius 1 is 1.17 bits per heavy atom. The first-order chi connectivity index (χ1) is 19.8. The molecule has 1 amide bonds. The third-order valence-corrected chi connectivity index (χ3v) is 8.78. The van der Waals surface area contributed by atoms with E-state index in [1.165, 1.54) is 10.6 Å². The van der Waals surface area contributed by atoms with Crippen molar-refractivity contribution in [1.82, 2.24) is 14.5 Å². The van der Waals surface area contributed by atoms with E-state index in [0.717, 1.165) is 30.0 Å². The second-order valence-corrected chi connectivity index (χ2v) is 11.4. The van der Waals surface area contributed by atoms with E-state index in [9.17, 15) is 27.2 Å². The van der Waals surface area contributed by atoms with Gasteiger partial charge in [0.25, 0.3) is 0 Å². The van der Waals surface area contributed by atoms with Gasteiger partial charge < -0.3 is 14.5 Å². The van der Waals surface area contributed by atoms with E-state index in [1.54, 1.807) is 30.6 Å². The minimum atomic E-state index is -4.93. The highest BCUT2D eigenvalue weighted by Gasteiger charge is 2.40. The van der Waals surface area contributed by atoms with Crippen LogP contribution < -0.4 is 10.6 Å². The van der Waals surface area contributed by atoms with Crippen LogP contribution >= 0.6 is 11.8 Å². The van der Waals surface area contributed by atoms with Crippen LogP contribution in [0.5, 0.6) is 0 Å². The fraction of sp³-hybridized carbons (Fsp3) is 0.414. The number of aromatic nitrogens is 2. The van der Waals surface area contributed by atoms with Gasteiger partial charge >= 0.3 is 11.9 Å². The molecule has 0 bridgehead atoms. The Morgan fingerprint density at radius 3 is 2.45 bits per heavy atom. The molecule has 5 rings (SSSR count). The molecule has 3 atom stereocenters. The predicted molar refractivity (Wildman–Crippen MR) is 151 cm³/mol. The number of rotatable bonds is 5. The first kappa shape index (κ1) is 30.0. The van der Waals surface area contributed by atoms with E-state index >= 15 is 4.39 Å². The molecule has 0 aliphatic carbocycles. The SMILES string of the molecule is C=CC(=O)N1[C@H](C)CN(c2nc(=O)n3c4c(c(-c5ccc(F)cc5F)c(C(F)(F)F)cc24)SC[C@@H](OCC)C3)C[C@@H]1C. The Hall–Kier alpha value is -3.45. The Bertz CT molecular complexity index is 1610. The molecule has 3 heterocycles. The zero-order valence-corrected chi connectivity index (χ0v) is 24.0. The minimum absolute atomic E-state index is 0.0293. The van der Waals surface area contributed by atoms with E-state index in [2.05, 4.69) is 11.6 Å². The predicted octanol–water partition coefficient (Wildman–Crippen LogP) is 5.48. The number of anilines is 1. The van der Waals surface area contributed by atoms with Crippen LogP contribution in [0.25, 0.3) is 22.0 Å².